The summed E-state index contributed by atoms with van der Waals surface area (Å²) >= 11 is 0. The summed E-state index contributed by atoms with van der Waals surface area (Å²) in [6.07, 6.45) is 3.62. The number of piperidine rings is 1. The second kappa shape index (κ2) is 6.23. The fourth-order valence-corrected chi connectivity index (χ4v) is 3.20. The van der Waals surface area contributed by atoms with Gasteiger partial charge in [-0.3, -0.25) is 0 Å². The fraction of sp³-hybridized carbons (Fsp3) is 0.368. The summed E-state index contributed by atoms with van der Waals surface area (Å²) in [4.78, 5) is 0. The van der Waals surface area contributed by atoms with Gasteiger partial charge in [-0.1, -0.05) is 55.5 Å². The molecular weight excluding hydrogens is 242 g/mol. The molecule has 1 saturated heterocycles. The predicted octanol–water partition coefficient (Wildman–Crippen LogP) is 4.38. The van der Waals surface area contributed by atoms with Crippen molar-refractivity contribution in [3.8, 4) is 11.1 Å². The monoisotopic (exact) mass is 265 g/mol. The zero-order chi connectivity index (χ0) is 13.8. The molecule has 0 aliphatic carbocycles. The lowest BCUT2D eigenvalue weighted by Gasteiger charge is -2.24. The predicted molar refractivity (Wildman–Crippen MR) is 86.1 cm³/mol. The Morgan fingerprint density at radius 3 is 2.45 bits per heavy atom. The van der Waals surface area contributed by atoms with E-state index in [4.69, 9.17) is 0 Å². The second-order valence-corrected chi connectivity index (χ2v) is 5.66. The highest BCUT2D eigenvalue weighted by Crippen LogP contribution is 2.31. The Morgan fingerprint density at radius 1 is 1.00 bits per heavy atom. The Labute approximate surface area is 122 Å². The molecule has 0 unspecified atom stereocenters. The Kier molecular flexibility index (Phi) is 4.17. The summed E-state index contributed by atoms with van der Waals surface area (Å²) < 4.78 is 0. The van der Waals surface area contributed by atoms with Crippen LogP contribution in [0.25, 0.3) is 11.1 Å². The minimum atomic E-state index is 0.726. The molecule has 0 amide bonds. The molecule has 104 valence electrons. The van der Waals surface area contributed by atoms with E-state index in [1.807, 2.05) is 0 Å². The molecule has 0 atom stereocenters. The smallest absolute Gasteiger partial charge is 0.00431 e. The number of nitrogens with one attached hydrogen (secondary N) is 1. The van der Waals surface area contributed by atoms with Gasteiger partial charge in [-0.05, 0) is 60.5 Å². The third-order valence-electron chi connectivity index (χ3n) is 4.41. The average Bonchev–Trinajstić information content (AvgIpc) is 2.56. The number of hydrogen-bond donors (Lipinski definition) is 1. The van der Waals surface area contributed by atoms with Gasteiger partial charge < -0.3 is 5.32 Å². The molecule has 1 N–H and O–H groups in total. The molecular formula is C19H23N. The van der Waals surface area contributed by atoms with Crippen molar-refractivity contribution in [3.63, 3.8) is 0 Å². The van der Waals surface area contributed by atoms with Gasteiger partial charge in [-0.2, -0.15) is 0 Å². The minimum absolute atomic E-state index is 0.726. The lowest BCUT2D eigenvalue weighted by molar-refractivity contribution is 0.460. The van der Waals surface area contributed by atoms with Crippen molar-refractivity contribution in [2.75, 3.05) is 13.1 Å². The summed E-state index contributed by atoms with van der Waals surface area (Å²) in [6, 6.07) is 17.9. The standard InChI is InChI=1S/C19H23N/c1-2-15-8-9-18(16-10-12-20-13-11-16)14-19(15)17-6-4-3-5-7-17/h3-9,14,16,20H,2,10-13H2,1H3. The first-order valence-corrected chi connectivity index (χ1v) is 7.77. The Balaban J connectivity index is 1.98. The van der Waals surface area contributed by atoms with E-state index in [1.54, 1.807) is 0 Å². The van der Waals surface area contributed by atoms with Crippen LogP contribution in [-0.2, 0) is 6.42 Å². The van der Waals surface area contributed by atoms with E-state index < -0.39 is 0 Å². The van der Waals surface area contributed by atoms with Gasteiger partial charge in [0, 0.05) is 0 Å². The van der Waals surface area contributed by atoms with Crippen molar-refractivity contribution in [1.82, 2.24) is 5.32 Å². The number of rotatable bonds is 3. The fourth-order valence-electron chi connectivity index (χ4n) is 3.20. The van der Waals surface area contributed by atoms with Crippen molar-refractivity contribution in [3.05, 3.63) is 59.7 Å². The summed E-state index contributed by atoms with van der Waals surface area (Å²) in [5.41, 5.74) is 5.74. The van der Waals surface area contributed by atoms with Gasteiger partial charge in [0.25, 0.3) is 0 Å². The summed E-state index contributed by atoms with van der Waals surface area (Å²) in [5.74, 6) is 0.726. The van der Waals surface area contributed by atoms with Crippen molar-refractivity contribution in [2.24, 2.45) is 0 Å². The zero-order valence-electron chi connectivity index (χ0n) is 12.2. The highest BCUT2D eigenvalue weighted by molar-refractivity contribution is 5.68. The van der Waals surface area contributed by atoms with Crippen LogP contribution in [0.15, 0.2) is 48.5 Å². The maximum atomic E-state index is 3.45. The van der Waals surface area contributed by atoms with Gasteiger partial charge >= 0.3 is 0 Å². The molecule has 1 aliphatic rings. The molecule has 0 aromatic heterocycles. The molecule has 1 aliphatic heterocycles. The maximum absolute atomic E-state index is 3.45. The van der Waals surface area contributed by atoms with Gasteiger partial charge in [-0.25, -0.2) is 0 Å². The first-order chi connectivity index (χ1) is 9.88. The van der Waals surface area contributed by atoms with Crippen molar-refractivity contribution >= 4 is 0 Å². The highest BCUT2D eigenvalue weighted by Gasteiger charge is 2.16. The Morgan fingerprint density at radius 2 is 1.75 bits per heavy atom. The van der Waals surface area contributed by atoms with Gasteiger partial charge in [-0.15, -0.1) is 0 Å². The number of hydrogen-bond acceptors (Lipinski definition) is 1. The van der Waals surface area contributed by atoms with E-state index in [0.717, 1.165) is 25.4 Å². The minimum Gasteiger partial charge on any atom is -0.317 e. The van der Waals surface area contributed by atoms with E-state index >= 15 is 0 Å². The first-order valence-electron chi connectivity index (χ1n) is 7.77. The van der Waals surface area contributed by atoms with Gasteiger partial charge in [0.15, 0.2) is 0 Å². The lowest BCUT2D eigenvalue weighted by atomic mass is 9.86. The van der Waals surface area contributed by atoms with Crippen LogP contribution in [0.3, 0.4) is 0 Å². The number of benzene rings is 2. The second-order valence-electron chi connectivity index (χ2n) is 5.66. The maximum Gasteiger partial charge on any atom is -0.00431 e. The zero-order valence-corrected chi connectivity index (χ0v) is 12.2. The van der Waals surface area contributed by atoms with E-state index in [-0.39, 0.29) is 0 Å². The Hall–Kier alpha value is -1.60. The molecule has 3 rings (SSSR count). The van der Waals surface area contributed by atoms with Crippen LogP contribution in [0, 0.1) is 0 Å². The third-order valence-corrected chi connectivity index (χ3v) is 4.41. The van der Waals surface area contributed by atoms with Crippen LogP contribution in [0.2, 0.25) is 0 Å². The molecule has 2 aromatic rings. The summed E-state index contributed by atoms with van der Waals surface area (Å²) in [5, 5.41) is 3.45. The molecule has 0 radical (unpaired) electrons. The topological polar surface area (TPSA) is 12.0 Å². The van der Waals surface area contributed by atoms with Crippen LogP contribution in [0.4, 0.5) is 0 Å². The molecule has 0 saturated carbocycles. The SMILES string of the molecule is CCc1ccc(C2CCNCC2)cc1-c1ccccc1. The van der Waals surface area contributed by atoms with E-state index in [0.29, 0.717) is 0 Å². The Bertz CT molecular complexity index is 553. The van der Waals surface area contributed by atoms with E-state index in [9.17, 15) is 0 Å². The van der Waals surface area contributed by atoms with Crippen LogP contribution in [0.1, 0.15) is 36.8 Å². The quantitative estimate of drug-likeness (QED) is 0.868. The normalized spacial score (nSPS) is 16.2. The van der Waals surface area contributed by atoms with Crippen molar-refractivity contribution in [1.29, 1.82) is 0 Å². The molecule has 1 nitrogen and oxygen atoms in total. The van der Waals surface area contributed by atoms with Gasteiger partial charge in [0.05, 0.1) is 0 Å². The average molecular weight is 265 g/mol. The van der Waals surface area contributed by atoms with Gasteiger partial charge in [0.2, 0.25) is 0 Å². The van der Waals surface area contributed by atoms with E-state index in [2.05, 4.69) is 60.8 Å². The van der Waals surface area contributed by atoms with Crippen LogP contribution in [0.5, 0.6) is 0 Å². The molecule has 1 heterocycles. The first kappa shape index (κ1) is 13.4. The molecule has 1 heteroatoms. The molecule has 0 spiro atoms. The molecule has 2 aromatic carbocycles. The van der Waals surface area contributed by atoms with Crippen LogP contribution < -0.4 is 5.32 Å². The highest BCUT2D eigenvalue weighted by atomic mass is 14.9. The number of aryl methyl sites for hydroxylation is 1. The van der Waals surface area contributed by atoms with Gasteiger partial charge in [0.1, 0.15) is 0 Å². The van der Waals surface area contributed by atoms with Crippen LogP contribution in [-0.4, -0.2) is 13.1 Å². The largest absolute Gasteiger partial charge is 0.317 e. The summed E-state index contributed by atoms with van der Waals surface area (Å²) in [7, 11) is 0. The van der Waals surface area contributed by atoms with Crippen LogP contribution >= 0.6 is 0 Å². The summed E-state index contributed by atoms with van der Waals surface area (Å²) in [6.45, 7) is 4.55. The van der Waals surface area contributed by atoms with Crippen molar-refractivity contribution in [2.45, 2.75) is 32.1 Å². The molecule has 1 fully saturated rings. The lowest BCUT2D eigenvalue weighted by Crippen LogP contribution is -2.26. The van der Waals surface area contributed by atoms with E-state index in [1.165, 1.54) is 35.1 Å². The van der Waals surface area contributed by atoms with Crippen molar-refractivity contribution < 1.29 is 0 Å². The molecule has 20 heavy (non-hydrogen) atoms. The third kappa shape index (κ3) is 2.78. The molecule has 0 bridgehead atoms.